The highest BCUT2D eigenvalue weighted by Gasteiger charge is 2.57. The summed E-state index contributed by atoms with van der Waals surface area (Å²) in [5, 5.41) is 10.6. The Morgan fingerprint density at radius 1 is 0.477 bits per heavy atom. The van der Waals surface area contributed by atoms with Gasteiger partial charge >= 0.3 is 41.8 Å². The molecule has 0 aromatic carbocycles. The summed E-state index contributed by atoms with van der Waals surface area (Å²) in [5.41, 5.74) is 0. The van der Waals surface area contributed by atoms with Crippen molar-refractivity contribution in [1.29, 1.82) is 0 Å². The molecule has 18 heteroatoms. The summed E-state index contributed by atoms with van der Waals surface area (Å²) < 4.78 is 54.1. The van der Waals surface area contributed by atoms with Crippen molar-refractivity contribution in [3.8, 4) is 0 Å². The van der Waals surface area contributed by atoms with Crippen LogP contribution in [0.4, 0.5) is 0 Å². The van der Waals surface area contributed by atoms with E-state index in [9.17, 15) is 38.7 Å². The molecular weight excluding hydrogens is 600 g/mol. The quantitative estimate of drug-likeness (QED) is 0.203. The molecule has 2 saturated heterocycles. The maximum Gasteiger partial charge on any atom is 0.303 e. The van der Waals surface area contributed by atoms with Gasteiger partial charge in [-0.05, 0) is 0 Å². The van der Waals surface area contributed by atoms with Crippen molar-refractivity contribution < 1.29 is 86.0 Å². The molecule has 44 heavy (non-hydrogen) atoms. The largest absolute Gasteiger partial charge is 0.463 e. The van der Waals surface area contributed by atoms with Crippen LogP contribution in [-0.2, 0) is 80.9 Å². The zero-order chi connectivity index (χ0) is 33.3. The summed E-state index contributed by atoms with van der Waals surface area (Å²) in [4.78, 5) is 83.5. The molecule has 2 rings (SSSR count). The number of rotatable bonds is 11. The highest BCUT2D eigenvalue weighted by molar-refractivity contribution is 5.69. The Hall–Kier alpha value is -3.87. The van der Waals surface area contributed by atoms with Gasteiger partial charge in [-0.2, -0.15) is 0 Å². The van der Waals surface area contributed by atoms with Gasteiger partial charge in [0, 0.05) is 48.5 Å². The molecule has 2 aliphatic rings. The Balaban J connectivity index is 2.66. The van der Waals surface area contributed by atoms with Crippen molar-refractivity contribution in [1.82, 2.24) is 0 Å². The molecule has 0 amide bonds. The molecule has 0 bridgehead atoms. The zero-order valence-electron chi connectivity index (χ0n) is 25.1. The van der Waals surface area contributed by atoms with Gasteiger partial charge < -0.3 is 52.5 Å². The fourth-order valence-electron chi connectivity index (χ4n) is 4.49. The maximum atomic E-state index is 12.2. The van der Waals surface area contributed by atoms with E-state index in [-0.39, 0.29) is 0 Å². The lowest BCUT2D eigenvalue weighted by Gasteiger charge is -2.48. The highest BCUT2D eigenvalue weighted by atomic mass is 16.8. The van der Waals surface area contributed by atoms with E-state index >= 15 is 0 Å². The van der Waals surface area contributed by atoms with Crippen LogP contribution in [0.1, 0.15) is 48.5 Å². The molecule has 4 unspecified atom stereocenters. The predicted molar refractivity (Wildman–Crippen MR) is 135 cm³/mol. The molecule has 0 saturated carbocycles. The lowest BCUT2D eigenvalue weighted by Crippen LogP contribution is -2.67. The monoisotopic (exact) mass is 636 g/mol. The fraction of sp³-hybridized carbons (Fsp3) is 0.731. The van der Waals surface area contributed by atoms with Gasteiger partial charge in [-0.1, -0.05) is 0 Å². The Morgan fingerprint density at radius 3 is 1.27 bits per heavy atom. The lowest BCUT2D eigenvalue weighted by atomic mass is 9.96. The van der Waals surface area contributed by atoms with Crippen LogP contribution in [0, 0.1) is 0 Å². The van der Waals surface area contributed by atoms with Crippen molar-refractivity contribution in [2.45, 2.75) is 110 Å². The molecule has 2 fully saturated rings. The van der Waals surface area contributed by atoms with E-state index in [1.165, 1.54) is 0 Å². The normalized spacial score (nSPS) is 31.5. The van der Waals surface area contributed by atoms with E-state index in [2.05, 4.69) is 0 Å². The highest BCUT2D eigenvalue weighted by Crippen LogP contribution is 2.34. The second-order valence-corrected chi connectivity index (χ2v) is 9.68. The van der Waals surface area contributed by atoms with Gasteiger partial charge in [0.15, 0.2) is 43.1 Å². The Bertz CT molecular complexity index is 1090. The molecule has 1 N–H and O–H groups in total. The Morgan fingerprint density at radius 2 is 0.841 bits per heavy atom. The summed E-state index contributed by atoms with van der Waals surface area (Å²) in [6.07, 6.45) is -16.3. The van der Waals surface area contributed by atoms with Crippen molar-refractivity contribution in [3.05, 3.63) is 0 Å². The molecule has 0 radical (unpaired) electrons. The van der Waals surface area contributed by atoms with Crippen LogP contribution in [0.3, 0.4) is 0 Å². The molecular formula is C26H36O18. The third-order valence-electron chi connectivity index (χ3n) is 5.90. The lowest BCUT2D eigenvalue weighted by molar-refractivity contribution is -0.357. The summed E-state index contributed by atoms with van der Waals surface area (Å²) in [5.74, 6) is -6.03. The van der Waals surface area contributed by atoms with Gasteiger partial charge in [0.25, 0.3) is 0 Å². The summed E-state index contributed by atoms with van der Waals surface area (Å²) >= 11 is 0. The third kappa shape index (κ3) is 10.7. The molecule has 0 aromatic rings. The van der Waals surface area contributed by atoms with Crippen LogP contribution < -0.4 is 0 Å². The van der Waals surface area contributed by atoms with Crippen molar-refractivity contribution >= 4 is 41.8 Å². The second kappa shape index (κ2) is 16.3. The van der Waals surface area contributed by atoms with Crippen molar-refractivity contribution in [2.24, 2.45) is 0 Å². The molecule has 2 aliphatic heterocycles. The van der Waals surface area contributed by atoms with Crippen LogP contribution in [0.25, 0.3) is 0 Å². The molecule has 2 heterocycles. The van der Waals surface area contributed by atoms with Gasteiger partial charge in [-0.25, -0.2) is 0 Å². The minimum Gasteiger partial charge on any atom is -0.463 e. The number of hydrogen-bond donors (Lipinski definition) is 1. The molecule has 18 nitrogen and oxygen atoms in total. The van der Waals surface area contributed by atoms with Gasteiger partial charge in [0.1, 0.15) is 31.5 Å². The minimum atomic E-state index is -1.90. The molecule has 0 aliphatic carbocycles. The van der Waals surface area contributed by atoms with Gasteiger partial charge in [0.05, 0.1) is 0 Å². The number of carbonyl (C=O) groups excluding carboxylic acids is 7. The Labute approximate surface area is 251 Å². The van der Waals surface area contributed by atoms with Crippen molar-refractivity contribution in [2.75, 3.05) is 13.2 Å². The summed E-state index contributed by atoms with van der Waals surface area (Å²) in [6.45, 7) is 6.11. The zero-order valence-corrected chi connectivity index (χ0v) is 25.1. The van der Waals surface area contributed by atoms with Gasteiger partial charge in [-0.15, -0.1) is 0 Å². The van der Waals surface area contributed by atoms with E-state index in [0.717, 1.165) is 48.5 Å². The fourth-order valence-corrected chi connectivity index (χ4v) is 4.49. The first-order valence-electron chi connectivity index (χ1n) is 13.3. The average molecular weight is 637 g/mol. The van der Waals surface area contributed by atoms with Gasteiger partial charge in [0.2, 0.25) is 0 Å². The van der Waals surface area contributed by atoms with E-state index in [1.54, 1.807) is 0 Å². The summed E-state index contributed by atoms with van der Waals surface area (Å²) in [7, 11) is 0. The minimum absolute atomic E-state index is 0.572. The SMILES string of the molecule is CC(=O)OCC1O[C@@H](O)C(OC(C)=O)[C@@H](OC(C)=O)[C@@H]1O[C@@H]1OC(COC(C)=O)[C@H](OC(C)=O)[C@H](OC(C)=O)C1OC(C)=O. The Kier molecular flexibility index (Phi) is 13.4. The number of aliphatic hydroxyl groups excluding tert-OH is 1. The number of ether oxygens (including phenoxy) is 10. The van der Waals surface area contributed by atoms with E-state index < -0.39 is 116 Å². The first-order chi connectivity index (χ1) is 20.5. The van der Waals surface area contributed by atoms with Gasteiger partial charge in [-0.3, -0.25) is 33.6 Å². The van der Waals surface area contributed by atoms with Crippen LogP contribution >= 0.6 is 0 Å². The van der Waals surface area contributed by atoms with Crippen LogP contribution in [-0.4, -0.2) is 122 Å². The van der Waals surface area contributed by atoms with Crippen molar-refractivity contribution in [3.63, 3.8) is 0 Å². The topological polar surface area (TPSA) is 232 Å². The van der Waals surface area contributed by atoms with Crippen LogP contribution in [0.2, 0.25) is 0 Å². The number of hydrogen-bond acceptors (Lipinski definition) is 18. The first kappa shape index (κ1) is 36.3. The maximum absolute atomic E-state index is 12.2. The second-order valence-electron chi connectivity index (χ2n) is 9.68. The third-order valence-corrected chi connectivity index (χ3v) is 5.90. The average Bonchev–Trinajstić information content (AvgIpc) is 2.87. The van der Waals surface area contributed by atoms with E-state index in [0.29, 0.717) is 0 Å². The van der Waals surface area contributed by atoms with Crippen LogP contribution in [0.5, 0.6) is 0 Å². The molecule has 10 atom stereocenters. The van der Waals surface area contributed by atoms with E-state index in [1.807, 2.05) is 0 Å². The number of aliphatic hydroxyl groups is 1. The summed E-state index contributed by atoms with van der Waals surface area (Å²) in [6, 6.07) is 0. The standard InChI is InChI=1S/C26H36O18/c1-10(27)35-8-17-20(21(38-13(4)30)23(25(34)42-17)40-15(6)32)44-26-24(41-16(7)33)22(39-14(5)31)19(37-12(3)29)18(43-26)9-36-11(2)28/h17-26,34H,8-9H2,1-7H3/t17?,18?,19-,20+,21-,22-,23?,24?,25+,26-/m0/s1. The molecule has 0 spiro atoms. The number of esters is 7. The molecule has 0 aromatic heterocycles. The predicted octanol–water partition coefficient (Wildman–Crippen LogP) is -1.40. The van der Waals surface area contributed by atoms with E-state index in [4.69, 9.17) is 47.4 Å². The molecule has 248 valence electrons. The smallest absolute Gasteiger partial charge is 0.303 e. The first-order valence-corrected chi connectivity index (χ1v) is 13.3. The number of carbonyl (C=O) groups is 7. The van der Waals surface area contributed by atoms with Crippen LogP contribution in [0.15, 0.2) is 0 Å².